The molecule has 0 spiro atoms. The van der Waals surface area contributed by atoms with Crippen LogP contribution in [0.15, 0.2) is 142 Å². The maximum Gasteiger partial charge on any atom is -0.0345 e. The number of hydrogen-bond donors (Lipinski definition) is 0. The molecular formula is C28H20N4Se. The molecule has 0 atom stereocenters. The van der Waals surface area contributed by atoms with Crippen LogP contribution in [0.2, 0.25) is 0 Å². The molecule has 0 amide bonds. The molecule has 0 saturated carbocycles. The molecule has 0 radical (unpaired) electrons. The summed E-state index contributed by atoms with van der Waals surface area (Å²) in [7, 11) is 0. The summed E-state index contributed by atoms with van der Waals surface area (Å²) in [6.45, 7) is 0. The molecule has 4 nitrogen and oxygen atoms in total. The molecule has 0 aromatic heterocycles. The van der Waals surface area contributed by atoms with Crippen LogP contribution in [-0.4, -0.2) is 15.0 Å². The molecule has 0 aliphatic heterocycles. The van der Waals surface area contributed by atoms with Crippen LogP contribution in [-0.2, 0) is 0 Å². The van der Waals surface area contributed by atoms with Crippen molar-refractivity contribution in [3.63, 3.8) is 0 Å². The van der Waals surface area contributed by atoms with Crippen LogP contribution in [0, 0.1) is 0 Å². The first-order valence-corrected chi connectivity index (χ1v) is 12.3. The molecule has 5 rings (SSSR count). The van der Waals surface area contributed by atoms with Crippen molar-refractivity contribution in [1.82, 2.24) is 0 Å². The first kappa shape index (κ1) is 21.0. The zero-order valence-electron chi connectivity index (χ0n) is 17.7. The second kappa shape index (κ2) is 10.1. The Balaban J connectivity index is 1.37. The van der Waals surface area contributed by atoms with Crippen LogP contribution in [0.3, 0.4) is 0 Å². The molecule has 0 saturated heterocycles. The van der Waals surface area contributed by atoms with Crippen molar-refractivity contribution in [3.05, 3.63) is 121 Å². The number of fused-ring (bicyclic) bond motifs is 1. The van der Waals surface area contributed by atoms with Gasteiger partial charge in [-0.05, 0) is 12.1 Å². The molecule has 0 bridgehead atoms. The summed E-state index contributed by atoms with van der Waals surface area (Å²) < 4.78 is 2.65. The SMILES string of the molecule is c1ccc(N=Nc2ccc(N=Nc3cc([Se]c4ccccc4)c4cccccc3-4)cc2)cc1. The van der Waals surface area contributed by atoms with Crippen molar-refractivity contribution >= 4 is 46.6 Å². The third-order valence-electron chi connectivity index (χ3n) is 4.98. The number of azo groups is 2. The zero-order valence-corrected chi connectivity index (χ0v) is 19.5. The van der Waals surface area contributed by atoms with Crippen molar-refractivity contribution in [1.29, 1.82) is 0 Å². The fourth-order valence-corrected chi connectivity index (χ4v) is 5.47. The van der Waals surface area contributed by atoms with Crippen LogP contribution in [0.5, 0.6) is 0 Å². The molecule has 158 valence electrons. The molecule has 0 fully saturated rings. The van der Waals surface area contributed by atoms with Gasteiger partial charge in [-0.3, -0.25) is 0 Å². The first-order chi connectivity index (χ1) is 16.3. The van der Waals surface area contributed by atoms with Gasteiger partial charge in [0, 0.05) is 0 Å². The average molecular weight is 491 g/mol. The number of rotatable bonds is 6. The molecule has 3 aromatic carbocycles. The van der Waals surface area contributed by atoms with Gasteiger partial charge in [0.2, 0.25) is 0 Å². The predicted molar refractivity (Wildman–Crippen MR) is 136 cm³/mol. The Labute approximate surface area is 199 Å². The molecule has 3 aromatic rings. The second-order valence-electron chi connectivity index (χ2n) is 7.30. The fourth-order valence-electron chi connectivity index (χ4n) is 3.36. The Morgan fingerprint density at radius 3 is 1.55 bits per heavy atom. The van der Waals surface area contributed by atoms with Crippen molar-refractivity contribution in [2.45, 2.75) is 0 Å². The first-order valence-electron chi connectivity index (χ1n) is 10.6. The van der Waals surface area contributed by atoms with Gasteiger partial charge in [0.25, 0.3) is 0 Å². The fraction of sp³-hybridized carbons (Fsp3) is 0. The van der Waals surface area contributed by atoms with Crippen molar-refractivity contribution in [2.75, 3.05) is 0 Å². The van der Waals surface area contributed by atoms with E-state index in [0.29, 0.717) is 0 Å². The van der Waals surface area contributed by atoms with E-state index in [1.807, 2.05) is 66.7 Å². The van der Waals surface area contributed by atoms with Gasteiger partial charge < -0.3 is 0 Å². The van der Waals surface area contributed by atoms with Crippen LogP contribution >= 0.6 is 0 Å². The van der Waals surface area contributed by atoms with Crippen LogP contribution in [0.1, 0.15) is 0 Å². The standard InChI is InChI=1S/C28H20N4Se/c1-4-10-21(11-5-1)29-30-22-16-18-23(19-17-22)31-32-27-20-28(33-24-12-6-2-7-13-24)26-15-9-3-8-14-25(26)27/h1-20H. The molecule has 2 aliphatic carbocycles. The van der Waals surface area contributed by atoms with Crippen LogP contribution < -0.4 is 8.92 Å². The van der Waals surface area contributed by atoms with Gasteiger partial charge in [-0.25, -0.2) is 0 Å². The summed E-state index contributed by atoms with van der Waals surface area (Å²) in [5.41, 5.74) is 5.61. The van der Waals surface area contributed by atoms with Gasteiger partial charge in [-0.2, -0.15) is 0 Å². The third kappa shape index (κ3) is 5.29. The van der Waals surface area contributed by atoms with Crippen molar-refractivity contribution < 1.29 is 0 Å². The Bertz CT molecular complexity index is 1360. The van der Waals surface area contributed by atoms with Crippen LogP contribution in [0.4, 0.5) is 22.7 Å². The minimum absolute atomic E-state index is 0.201. The number of benzene rings is 3. The van der Waals surface area contributed by atoms with Gasteiger partial charge in [-0.15, -0.1) is 0 Å². The Morgan fingerprint density at radius 2 is 0.909 bits per heavy atom. The normalized spacial score (nSPS) is 11.5. The smallest absolute Gasteiger partial charge is 0.0345 e. The minimum atomic E-state index is 0.201. The average Bonchev–Trinajstić information content (AvgIpc) is 3.02. The summed E-state index contributed by atoms with van der Waals surface area (Å²) in [6, 6.07) is 40.5. The van der Waals surface area contributed by atoms with E-state index in [4.69, 9.17) is 0 Å². The summed E-state index contributed by atoms with van der Waals surface area (Å²) in [5, 5.41) is 17.6. The van der Waals surface area contributed by atoms with E-state index >= 15 is 0 Å². The topological polar surface area (TPSA) is 49.4 Å². The Hall–Kier alpha value is -3.92. The van der Waals surface area contributed by atoms with Gasteiger partial charge in [0.15, 0.2) is 0 Å². The quantitative estimate of drug-likeness (QED) is 0.177. The van der Waals surface area contributed by atoms with E-state index in [1.54, 1.807) is 0 Å². The molecular weight excluding hydrogens is 471 g/mol. The monoisotopic (exact) mass is 492 g/mol. The summed E-state index contributed by atoms with van der Waals surface area (Å²) in [6.07, 6.45) is 0. The number of nitrogens with zero attached hydrogens (tertiary/aromatic N) is 4. The zero-order chi connectivity index (χ0) is 22.3. The molecule has 0 unspecified atom stereocenters. The van der Waals surface area contributed by atoms with E-state index in [-0.39, 0.29) is 15.0 Å². The minimum Gasteiger partial charge on any atom is -0.0601 e. The number of hydrogen-bond acceptors (Lipinski definition) is 4. The summed E-state index contributed by atoms with van der Waals surface area (Å²) >= 11 is 0.201. The molecule has 0 heterocycles. The Morgan fingerprint density at radius 1 is 0.424 bits per heavy atom. The maximum absolute atomic E-state index is 4.60. The van der Waals surface area contributed by atoms with Crippen molar-refractivity contribution in [3.8, 4) is 11.1 Å². The predicted octanol–water partition coefficient (Wildman–Crippen LogP) is 7.28. The molecule has 5 heteroatoms. The van der Waals surface area contributed by atoms with E-state index < -0.39 is 0 Å². The van der Waals surface area contributed by atoms with E-state index in [1.165, 1.54) is 14.5 Å². The second-order valence-corrected chi connectivity index (χ2v) is 9.64. The summed E-state index contributed by atoms with van der Waals surface area (Å²) in [5.74, 6) is 0. The summed E-state index contributed by atoms with van der Waals surface area (Å²) in [4.78, 5) is 0. The van der Waals surface area contributed by atoms with Gasteiger partial charge in [0.05, 0.1) is 0 Å². The van der Waals surface area contributed by atoms with E-state index in [2.05, 4.69) is 75.1 Å². The van der Waals surface area contributed by atoms with Gasteiger partial charge in [0.1, 0.15) is 0 Å². The maximum atomic E-state index is 4.60. The van der Waals surface area contributed by atoms with Crippen molar-refractivity contribution in [2.24, 2.45) is 20.5 Å². The van der Waals surface area contributed by atoms with Gasteiger partial charge >= 0.3 is 169 Å². The molecule has 0 N–H and O–H groups in total. The van der Waals surface area contributed by atoms with Crippen LogP contribution in [0.25, 0.3) is 11.1 Å². The third-order valence-corrected chi connectivity index (χ3v) is 7.21. The van der Waals surface area contributed by atoms with Gasteiger partial charge in [-0.1, -0.05) is 18.2 Å². The Kier molecular flexibility index (Phi) is 6.43. The largest absolute Gasteiger partial charge is 0.0601 e. The van der Waals surface area contributed by atoms with E-state index in [0.717, 1.165) is 28.3 Å². The van der Waals surface area contributed by atoms with E-state index in [9.17, 15) is 0 Å². The molecule has 2 aliphatic rings. The molecule has 33 heavy (non-hydrogen) atoms.